The second-order valence-corrected chi connectivity index (χ2v) is 3.76. The number of hydrogen-bond donors (Lipinski definition) is 2. The normalized spacial score (nSPS) is 20.6. The van der Waals surface area contributed by atoms with Crippen molar-refractivity contribution in [3.63, 3.8) is 0 Å². The first-order valence-corrected chi connectivity index (χ1v) is 5.46. The molecule has 1 rings (SSSR count). The zero-order valence-corrected chi connectivity index (χ0v) is 9.01. The molecule has 0 radical (unpaired) electrons. The van der Waals surface area contributed by atoms with Crippen LogP contribution in [0.2, 0.25) is 0 Å². The highest BCUT2D eigenvalue weighted by atomic mass is 16.1. The van der Waals surface area contributed by atoms with E-state index < -0.39 is 0 Å². The van der Waals surface area contributed by atoms with Crippen LogP contribution in [0.1, 0.15) is 19.3 Å². The second kappa shape index (κ2) is 6.79. The largest absolute Gasteiger partial charge is 0.358 e. The summed E-state index contributed by atoms with van der Waals surface area (Å²) in [4.78, 5) is 13.4. The smallest absolute Gasteiger partial charge is 0.233 e. The van der Waals surface area contributed by atoms with Gasteiger partial charge in [0, 0.05) is 20.1 Å². The Morgan fingerprint density at radius 1 is 1.29 bits per heavy atom. The van der Waals surface area contributed by atoms with Crippen molar-refractivity contribution < 1.29 is 4.79 Å². The molecule has 14 heavy (non-hydrogen) atoms. The Morgan fingerprint density at radius 2 is 2.14 bits per heavy atom. The summed E-state index contributed by atoms with van der Waals surface area (Å²) < 4.78 is 0. The van der Waals surface area contributed by atoms with E-state index in [1.165, 1.54) is 19.3 Å². The van der Waals surface area contributed by atoms with Crippen LogP contribution in [0.15, 0.2) is 0 Å². The summed E-state index contributed by atoms with van der Waals surface area (Å²) in [7, 11) is 1.69. The van der Waals surface area contributed by atoms with Gasteiger partial charge in [-0.2, -0.15) is 0 Å². The predicted octanol–water partition coefficient (Wildman–Crippen LogP) is -0.192. The van der Waals surface area contributed by atoms with E-state index in [0.29, 0.717) is 6.54 Å². The molecule has 4 heteroatoms. The van der Waals surface area contributed by atoms with Gasteiger partial charge in [0.1, 0.15) is 0 Å². The highest BCUT2D eigenvalue weighted by molar-refractivity contribution is 5.77. The molecule has 0 aromatic rings. The lowest BCUT2D eigenvalue weighted by Gasteiger charge is -2.20. The van der Waals surface area contributed by atoms with E-state index in [0.717, 1.165) is 26.2 Å². The maximum absolute atomic E-state index is 11.2. The lowest BCUT2D eigenvalue weighted by Crippen LogP contribution is -2.39. The zero-order chi connectivity index (χ0) is 10.2. The van der Waals surface area contributed by atoms with Gasteiger partial charge in [-0.05, 0) is 25.9 Å². The minimum atomic E-state index is 0.115. The Hall–Kier alpha value is -0.610. The SMILES string of the molecule is CNC(=O)CN1CCCCCNCC1. The monoisotopic (exact) mass is 199 g/mol. The Morgan fingerprint density at radius 3 is 2.93 bits per heavy atom. The zero-order valence-electron chi connectivity index (χ0n) is 9.01. The Labute approximate surface area is 86.0 Å². The molecular formula is C10H21N3O. The van der Waals surface area contributed by atoms with Crippen molar-refractivity contribution in [3.05, 3.63) is 0 Å². The molecule has 2 N–H and O–H groups in total. The van der Waals surface area contributed by atoms with Gasteiger partial charge in [0.25, 0.3) is 0 Å². The molecule has 0 unspecified atom stereocenters. The van der Waals surface area contributed by atoms with Gasteiger partial charge in [-0.25, -0.2) is 0 Å². The minimum Gasteiger partial charge on any atom is -0.358 e. The molecule has 0 saturated carbocycles. The molecule has 1 saturated heterocycles. The van der Waals surface area contributed by atoms with Crippen molar-refractivity contribution in [1.82, 2.24) is 15.5 Å². The fourth-order valence-corrected chi connectivity index (χ4v) is 1.68. The maximum atomic E-state index is 11.2. The van der Waals surface area contributed by atoms with Gasteiger partial charge in [-0.1, -0.05) is 6.42 Å². The number of carbonyl (C=O) groups excluding carboxylic acids is 1. The number of amides is 1. The van der Waals surface area contributed by atoms with Crippen LogP contribution in [0.25, 0.3) is 0 Å². The molecule has 0 atom stereocenters. The van der Waals surface area contributed by atoms with Gasteiger partial charge in [0.15, 0.2) is 0 Å². The number of hydrogen-bond acceptors (Lipinski definition) is 3. The summed E-state index contributed by atoms with van der Waals surface area (Å²) in [6, 6.07) is 0. The third-order valence-corrected chi connectivity index (χ3v) is 2.58. The average Bonchev–Trinajstić information content (AvgIpc) is 2.31. The third-order valence-electron chi connectivity index (χ3n) is 2.58. The van der Waals surface area contributed by atoms with Crippen LogP contribution in [-0.4, -0.2) is 50.6 Å². The van der Waals surface area contributed by atoms with Crippen molar-refractivity contribution in [1.29, 1.82) is 0 Å². The standard InChI is InChI=1S/C10H21N3O/c1-11-10(14)9-13-7-4-2-3-5-12-6-8-13/h12H,2-9H2,1H3,(H,11,14). The van der Waals surface area contributed by atoms with Crippen molar-refractivity contribution in [2.75, 3.05) is 39.8 Å². The molecule has 1 aliphatic heterocycles. The average molecular weight is 199 g/mol. The number of carbonyl (C=O) groups is 1. The fraction of sp³-hybridized carbons (Fsp3) is 0.900. The van der Waals surface area contributed by atoms with Gasteiger partial charge in [-0.15, -0.1) is 0 Å². The quantitative estimate of drug-likeness (QED) is 0.648. The number of nitrogens with zero attached hydrogens (tertiary/aromatic N) is 1. The van der Waals surface area contributed by atoms with Crippen molar-refractivity contribution in [2.45, 2.75) is 19.3 Å². The van der Waals surface area contributed by atoms with Crippen LogP contribution in [0.5, 0.6) is 0 Å². The molecular weight excluding hydrogens is 178 g/mol. The van der Waals surface area contributed by atoms with Gasteiger partial charge < -0.3 is 10.6 Å². The molecule has 4 nitrogen and oxygen atoms in total. The summed E-state index contributed by atoms with van der Waals surface area (Å²) in [6.07, 6.45) is 3.73. The highest BCUT2D eigenvalue weighted by Gasteiger charge is 2.09. The predicted molar refractivity (Wildman–Crippen MR) is 57.2 cm³/mol. The van der Waals surface area contributed by atoms with Gasteiger partial charge in [-0.3, -0.25) is 9.69 Å². The van der Waals surface area contributed by atoms with Crippen LogP contribution in [0.4, 0.5) is 0 Å². The first-order valence-electron chi connectivity index (χ1n) is 5.46. The second-order valence-electron chi connectivity index (χ2n) is 3.76. The highest BCUT2D eigenvalue weighted by Crippen LogP contribution is 2.00. The molecule has 1 fully saturated rings. The van der Waals surface area contributed by atoms with Crippen LogP contribution in [0, 0.1) is 0 Å². The number of rotatable bonds is 2. The summed E-state index contributed by atoms with van der Waals surface area (Å²) in [5, 5.41) is 6.04. The lowest BCUT2D eigenvalue weighted by atomic mass is 10.2. The molecule has 0 bridgehead atoms. The molecule has 0 aromatic heterocycles. The van der Waals surface area contributed by atoms with E-state index in [1.807, 2.05) is 0 Å². The number of likely N-dealkylation sites (N-methyl/N-ethyl adjacent to an activating group) is 1. The van der Waals surface area contributed by atoms with E-state index in [1.54, 1.807) is 7.05 Å². The first-order chi connectivity index (χ1) is 6.83. The van der Waals surface area contributed by atoms with Crippen LogP contribution < -0.4 is 10.6 Å². The van der Waals surface area contributed by atoms with Crippen molar-refractivity contribution in [2.24, 2.45) is 0 Å². The van der Waals surface area contributed by atoms with Crippen LogP contribution in [0.3, 0.4) is 0 Å². The van der Waals surface area contributed by atoms with E-state index in [9.17, 15) is 4.79 Å². The van der Waals surface area contributed by atoms with Crippen LogP contribution >= 0.6 is 0 Å². The summed E-state index contributed by atoms with van der Waals surface area (Å²) in [5.74, 6) is 0.115. The summed E-state index contributed by atoms with van der Waals surface area (Å²) in [5.41, 5.74) is 0. The molecule has 0 aromatic carbocycles. The number of nitrogens with one attached hydrogen (secondary N) is 2. The Kier molecular flexibility index (Phi) is 5.56. The summed E-state index contributed by atoms with van der Waals surface area (Å²) >= 11 is 0. The van der Waals surface area contributed by atoms with E-state index in [4.69, 9.17) is 0 Å². The first kappa shape index (κ1) is 11.5. The molecule has 1 amide bonds. The molecule has 0 aliphatic carbocycles. The van der Waals surface area contributed by atoms with Crippen molar-refractivity contribution >= 4 is 5.91 Å². The molecule has 1 aliphatic rings. The van der Waals surface area contributed by atoms with E-state index in [-0.39, 0.29) is 5.91 Å². The van der Waals surface area contributed by atoms with Gasteiger partial charge in [0.05, 0.1) is 6.54 Å². The molecule has 82 valence electrons. The minimum absolute atomic E-state index is 0.115. The van der Waals surface area contributed by atoms with E-state index >= 15 is 0 Å². The lowest BCUT2D eigenvalue weighted by molar-refractivity contribution is -0.121. The topological polar surface area (TPSA) is 44.4 Å². The third kappa shape index (κ3) is 4.58. The Bertz CT molecular complexity index is 163. The van der Waals surface area contributed by atoms with Gasteiger partial charge in [0.2, 0.25) is 5.91 Å². The Balaban J connectivity index is 2.28. The molecule has 0 spiro atoms. The summed E-state index contributed by atoms with van der Waals surface area (Å²) in [6.45, 7) is 4.69. The molecule has 1 heterocycles. The maximum Gasteiger partial charge on any atom is 0.233 e. The fourth-order valence-electron chi connectivity index (χ4n) is 1.68. The van der Waals surface area contributed by atoms with Crippen molar-refractivity contribution in [3.8, 4) is 0 Å². The van der Waals surface area contributed by atoms with Crippen LogP contribution in [-0.2, 0) is 4.79 Å². The van der Waals surface area contributed by atoms with Gasteiger partial charge >= 0.3 is 0 Å². The van der Waals surface area contributed by atoms with E-state index in [2.05, 4.69) is 15.5 Å².